The lowest BCUT2D eigenvalue weighted by Crippen LogP contribution is -2.39. The van der Waals surface area contributed by atoms with Gasteiger partial charge in [-0.25, -0.2) is 13.8 Å². The molecule has 0 atom stereocenters. The van der Waals surface area contributed by atoms with Crippen LogP contribution in [-0.4, -0.2) is 36.5 Å². The van der Waals surface area contributed by atoms with Gasteiger partial charge in [0.2, 0.25) is 10.0 Å². The molecule has 0 aromatic heterocycles. The molecular weight excluding hydrogens is 542 g/mol. The first kappa shape index (κ1) is 25.6. The van der Waals surface area contributed by atoms with Crippen molar-refractivity contribution >= 4 is 48.8 Å². The molecule has 4 aromatic rings. The second-order valence-corrected chi connectivity index (χ2v) is 11.1. The summed E-state index contributed by atoms with van der Waals surface area (Å²) in [5, 5.41) is 15.9. The Labute approximate surface area is 218 Å². The number of amides is 1. The minimum atomic E-state index is -3.97. The van der Waals surface area contributed by atoms with Gasteiger partial charge in [-0.2, -0.15) is 9.41 Å². The Kier molecular flexibility index (Phi) is 7.83. The van der Waals surface area contributed by atoms with Crippen molar-refractivity contribution in [2.24, 2.45) is 5.10 Å². The zero-order chi connectivity index (χ0) is 25.7. The lowest BCUT2D eigenvalue weighted by molar-refractivity contribution is -0.121. The molecule has 4 rings (SSSR count). The summed E-state index contributed by atoms with van der Waals surface area (Å²) in [6, 6.07) is 24.5. The molecular formula is C27H24BrN3O4S. The highest BCUT2D eigenvalue weighted by Crippen LogP contribution is 2.25. The molecule has 0 radical (unpaired) electrons. The number of benzene rings is 4. The number of sulfonamides is 1. The predicted molar refractivity (Wildman–Crippen MR) is 144 cm³/mol. The molecule has 0 heterocycles. The lowest BCUT2D eigenvalue weighted by atomic mass is 10.0. The van der Waals surface area contributed by atoms with Crippen LogP contribution >= 0.6 is 15.9 Å². The normalized spacial score (nSPS) is 11.9. The molecule has 0 aliphatic heterocycles. The summed E-state index contributed by atoms with van der Waals surface area (Å²) in [6.07, 6.45) is 1.35. The third kappa shape index (κ3) is 5.99. The second kappa shape index (κ2) is 11.0. The van der Waals surface area contributed by atoms with Crippen LogP contribution in [0, 0.1) is 6.92 Å². The minimum absolute atomic E-state index is 0.0138. The van der Waals surface area contributed by atoms with Crippen molar-refractivity contribution in [2.45, 2.75) is 18.4 Å². The summed E-state index contributed by atoms with van der Waals surface area (Å²) in [6.45, 7) is 1.52. The molecule has 2 N–H and O–H groups in total. The van der Waals surface area contributed by atoms with E-state index in [1.165, 1.54) is 18.3 Å². The fourth-order valence-electron chi connectivity index (χ4n) is 3.66. The molecule has 0 aliphatic rings. The highest BCUT2D eigenvalue weighted by molar-refractivity contribution is 9.10. The summed E-state index contributed by atoms with van der Waals surface area (Å²) >= 11 is 3.31. The number of carbonyl (C=O) groups is 1. The van der Waals surface area contributed by atoms with E-state index in [1.54, 1.807) is 24.3 Å². The number of carbonyl (C=O) groups excluding carboxylic acids is 1. The number of nitrogens with one attached hydrogen (secondary N) is 1. The van der Waals surface area contributed by atoms with Gasteiger partial charge in [0.05, 0.1) is 17.7 Å². The number of aromatic hydroxyl groups is 1. The van der Waals surface area contributed by atoms with Gasteiger partial charge in [-0.15, -0.1) is 0 Å². The number of aryl methyl sites for hydroxylation is 1. The zero-order valence-corrected chi connectivity index (χ0v) is 21.8. The molecule has 4 aromatic carbocycles. The fourth-order valence-corrected chi connectivity index (χ4v) is 5.31. The average Bonchev–Trinajstić information content (AvgIpc) is 2.86. The smallest absolute Gasteiger partial charge is 0.255 e. The molecule has 1 amide bonds. The first-order valence-electron chi connectivity index (χ1n) is 11.1. The van der Waals surface area contributed by atoms with Crippen molar-refractivity contribution in [3.05, 3.63) is 106 Å². The number of phenols is 1. The number of hydrazone groups is 1. The molecule has 7 nitrogen and oxygen atoms in total. The molecule has 0 saturated carbocycles. The molecule has 0 bridgehead atoms. The minimum Gasteiger partial charge on any atom is -0.507 e. The van der Waals surface area contributed by atoms with E-state index in [4.69, 9.17) is 0 Å². The lowest BCUT2D eigenvalue weighted by Gasteiger charge is -2.21. The molecule has 9 heteroatoms. The van der Waals surface area contributed by atoms with Crippen LogP contribution in [0.25, 0.3) is 10.8 Å². The Hall–Kier alpha value is -3.53. The highest BCUT2D eigenvalue weighted by atomic mass is 79.9. The van der Waals surface area contributed by atoms with Crippen LogP contribution < -0.4 is 5.43 Å². The topological polar surface area (TPSA) is 99.1 Å². The molecule has 0 spiro atoms. The van der Waals surface area contributed by atoms with Crippen molar-refractivity contribution in [1.82, 2.24) is 9.73 Å². The monoisotopic (exact) mass is 565 g/mol. The van der Waals surface area contributed by atoms with Crippen molar-refractivity contribution in [3.63, 3.8) is 0 Å². The summed E-state index contributed by atoms with van der Waals surface area (Å²) in [5.41, 5.74) is 4.63. The van der Waals surface area contributed by atoms with E-state index >= 15 is 0 Å². The standard InChI is InChI=1S/C27H24BrN3O4S/c1-19-6-8-20(9-7-19)17-31(36(34,35)23-13-11-22(28)12-14-23)18-27(33)30-29-16-25-24-5-3-2-4-21(24)10-15-26(25)32/h2-16,32H,17-18H2,1H3,(H,30,33)/b29-16-. The van der Waals surface area contributed by atoms with Crippen LogP contribution in [0.4, 0.5) is 0 Å². The van der Waals surface area contributed by atoms with E-state index < -0.39 is 22.5 Å². The van der Waals surface area contributed by atoms with E-state index in [9.17, 15) is 18.3 Å². The molecule has 184 valence electrons. The van der Waals surface area contributed by atoms with Crippen LogP contribution in [-0.2, 0) is 21.4 Å². The highest BCUT2D eigenvalue weighted by Gasteiger charge is 2.27. The maximum absolute atomic E-state index is 13.4. The maximum atomic E-state index is 13.4. The Morgan fingerprint density at radius 2 is 1.69 bits per heavy atom. The molecule has 0 saturated heterocycles. The number of fused-ring (bicyclic) bond motifs is 1. The van der Waals surface area contributed by atoms with Gasteiger partial charge in [-0.05, 0) is 53.6 Å². The Morgan fingerprint density at radius 1 is 1.00 bits per heavy atom. The summed E-state index contributed by atoms with van der Waals surface area (Å²) < 4.78 is 28.6. The van der Waals surface area contributed by atoms with Gasteiger partial charge in [0, 0.05) is 16.6 Å². The number of halogens is 1. The number of rotatable bonds is 8. The fraction of sp³-hybridized carbons (Fsp3) is 0.111. The van der Waals surface area contributed by atoms with E-state index in [-0.39, 0.29) is 17.2 Å². The second-order valence-electron chi connectivity index (χ2n) is 8.23. The number of hydrogen-bond donors (Lipinski definition) is 2. The molecule has 0 aliphatic carbocycles. The van der Waals surface area contributed by atoms with Gasteiger partial charge in [0.25, 0.3) is 5.91 Å². The van der Waals surface area contributed by atoms with Crippen molar-refractivity contribution < 1.29 is 18.3 Å². The van der Waals surface area contributed by atoms with Gasteiger partial charge in [-0.1, -0.05) is 76.1 Å². The Bertz CT molecular complexity index is 1520. The summed E-state index contributed by atoms with van der Waals surface area (Å²) in [4.78, 5) is 12.8. The maximum Gasteiger partial charge on any atom is 0.255 e. The van der Waals surface area contributed by atoms with Crippen LogP contribution in [0.3, 0.4) is 0 Å². The van der Waals surface area contributed by atoms with Crippen LogP contribution in [0.1, 0.15) is 16.7 Å². The largest absolute Gasteiger partial charge is 0.507 e. The van der Waals surface area contributed by atoms with Crippen molar-refractivity contribution in [1.29, 1.82) is 0 Å². The van der Waals surface area contributed by atoms with E-state index in [0.29, 0.717) is 5.56 Å². The van der Waals surface area contributed by atoms with E-state index in [1.807, 2.05) is 55.5 Å². The van der Waals surface area contributed by atoms with E-state index in [2.05, 4.69) is 26.5 Å². The van der Waals surface area contributed by atoms with Crippen molar-refractivity contribution in [2.75, 3.05) is 6.54 Å². The quantitative estimate of drug-likeness (QED) is 0.233. The summed E-state index contributed by atoms with van der Waals surface area (Å²) in [5.74, 6) is -0.593. The van der Waals surface area contributed by atoms with Gasteiger partial charge in [0.1, 0.15) is 5.75 Å². The first-order chi connectivity index (χ1) is 17.2. The van der Waals surface area contributed by atoms with Crippen LogP contribution in [0.5, 0.6) is 5.75 Å². The zero-order valence-electron chi connectivity index (χ0n) is 19.4. The molecule has 0 fully saturated rings. The number of hydrogen-bond acceptors (Lipinski definition) is 5. The van der Waals surface area contributed by atoms with Crippen LogP contribution in [0.2, 0.25) is 0 Å². The van der Waals surface area contributed by atoms with Gasteiger partial charge >= 0.3 is 0 Å². The third-order valence-electron chi connectivity index (χ3n) is 5.58. The Morgan fingerprint density at radius 3 is 2.42 bits per heavy atom. The van der Waals surface area contributed by atoms with Gasteiger partial charge in [-0.3, -0.25) is 4.79 Å². The SMILES string of the molecule is Cc1ccc(CN(CC(=O)N/N=C\c2c(O)ccc3ccccc23)S(=O)(=O)c2ccc(Br)cc2)cc1. The molecule has 36 heavy (non-hydrogen) atoms. The third-order valence-corrected chi connectivity index (χ3v) is 7.92. The van der Waals surface area contributed by atoms with Gasteiger partial charge in [0.15, 0.2) is 0 Å². The first-order valence-corrected chi connectivity index (χ1v) is 13.3. The molecule has 0 unspecified atom stereocenters. The Balaban J connectivity index is 1.55. The number of nitrogens with zero attached hydrogens (tertiary/aromatic N) is 2. The number of phenolic OH excluding ortho intramolecular Hbond substituents is 1. The van der Waals surface area contributed by atoms with Crippen LogP contribution in [0.15, 0.2) is 99.4 Å². The predicted octanol–water partition coefficient (Wildman–Crippen LogP) is 4.96. The van der Waals surface area contributed by atoms with E-state index in [0.717, 1.165) is 30.7 Å². The average molecular weight is 566 g/mol. The summed E-state index contributed by atoms with van der Waals surface area (Å²) in [7, 11) is -3.97. The van der Waals surface area contributed by atoms with Gasteiger partial charge < -0.3 is 5.11 Å². The van der Waals surface area contributed by atoms with Crippen molar-refractivity contribution in [3.8, 4) is 5.75 Å².